The van der Waals surface area contributed by atoms with E-state index in [4.69, 9.17) is 10.5 Å². The maximum absolute atomic E-state index is 11.5. The first-order valence-electron chi connectivity index (χ1n) is 6.80. The van der Waals surface area contributed by atoms with E-state index in [0.29, 0.717) is 13.0 Å². The van der Waals surface area contributed by atoms with Crippen LogP contribution in [0.15, 0.2) is 18.2 Å². The number of rotatable bonds is 4. The molecule has 1 aliphatic rings. The number of carbonyl (C=O) groups is 1. The molecule has 4 heteroatoms. The Balaban J connectivity index is 2.01. The zero-order chi connectivity index (χ0) is 13.8. The molecule has 0 heterocycles. The van der Waals surface area contributed by atoms with Crippen molar-refractivity contribution in [1.82, 2.24) is 4.90 Å². The van der Waals surface area contributed by atoms with Crippen LogP contribution < -0.4 is 10.5 Å². The molecule has 0 bridgehead atoms. The van der Waals surface area contributed by atoms with E-state index >= 15 is 0 Å². The highest BCUT2D eigenvalue weighted by Gasteiger charge is 2.19. The van der Waals surface area contributed by atoms with Crippen molar-refractivity contribution in [1.29, 1.82) is 0 Å². The molecule has 2 rings (SSSR count). The van der Waals surface area contributed by atoms with Gasteiger partial charge in [0, 0.05) is 20.1 Å². The van der Waals surface area contributed by atoms with Crippen LogP contribution in [0, 0.1) is 0 Å². The monoisotopic (exact) mass is 262 g/mol. The Morgan fingerprint density at radius 2 is 2.26 bits per heavy atom. The number of nitrogens with zero attached hydrogens (tertiary/aromatic N) is 1. The SMILES string of the molecule is CN(C)C(=O)CCOc1cccc2c1CCCC2N. The highest BCUT2D eigenvalue weighted by Crippen LogP contribution is 2.33. The topological polar surface area (TPSA) is 55.6 Å². The molecule has 1 amide bonds. The normalized spacial score (nSPS) is 17.7. The van der Waals surface area contributed by atoms with Gasteiger partial charge in [-0.1, -0.05) is 12.1 Å². The third-order valence-electron chi connectivity index (χ3n) is 3.58. The van der Waals surface area contributed by atoms with Crippen molar-refractivity contribution in [3.8, 4) is 5.75 Å². The second kappa shape index (κ2) is 6.06. The zero-order valence-corrected chi connectivity index (χ0v) is 11.7. The van der Waals surface area contributed by atoms with E-state index in [9.17, 15) is 4.79 Å². The van der Waals surface area contributed by atoms with Crippen molar-refractivity contribution in [2.45, 2.75) is 31.7 Å². The van der Waals surface area contributed by atoms with E-state index in [0.717, 1.165) is 25.0 Å². The lowest BCUT2D eigenvalue weighted by atomic mass is 9.87. The minimum Gasteiger partial charge on any atom is -0.493 e. The largest absolute Gasteiger partial charge is 0.493 e. The number of nitrogens with two attached hydrogens (primary N) is 1. The van der Waals surface area contributed by atoms with Gasteiger partial charge in [0.2, 0.25) is 5.91 Å². The summed E-state index contributed by atoms with van der Waals surface area (Å²) in [5, 5.41) is 0. The van der Waals surface area contributed by atoms with Crippen molar-refractivity contribution in [3.63, 3.8) is 0 Å². The van der Waals surface area contributed by atoms with E-state index in [1.165, 1.54) is 11.1 Å². The van der Waals surface area contributed by atoms with Gasteiger partial charge < -0.3 is 15.4 Å². The van der Waals surface area contributed by atoms with Crippen LogP contribution in [0.25, 0.3) is 0 Å². The van der Waals surface area contributed by atoms with Crippen molar-refractivity contribution >= 4 is 5.91 Å². The Labute approximate surface area is 114 Å². The van der Waals surface area contributed by atoms with Gasteiger partial charge in [-0.3, -0.25) is 4.79 Å². The summed E-state index contributed by atoms with van der Waals surface area (Å²) in [4.78, 5) is 13.1. The Hall–Kier alpha value is -1.55. The van der Waals surface area contributed by atoms with Crippen LogP contribution in [-0.2, 0) is 11.2 Å². The molecule has 1 unspecified atom stereocenters. The molecule has 0 saturated carbocycles. The minimum absolute atomic E-state index is 0.0847. The Kier molecular flexibility index (Phi) is 4.43. The first-order valence-corrected chi connectivity index (χ1v) is 6.80. The maximum Gasteiger partial charge on any atom is 0.225 e. The fourth-order valence-corrected chi connectivity index (χ4v) is 2.46. The first kappa shape index (κ1) is 13.9. The summed E-state index contributed by atoms with van der Waals surface area (Å²) >= 11 is 0. The molecule has 1 aromatic rings. The summed E-state index contributed by atoms with van der Waals surface area (Å²) in [7, 11) is 3.51. The summed E-state index contributed by atoms with van der Waals surface area (Å²) < 4.78 is 5.77. The van der Waals surface area contributed by atoms with Crippen molar-refractivity contribution in [3.05, 3.63) is 29.3 Å². The second-order valence-electron chi connectivity index (χ2n) is 5.21. The third kappa shape index (κ3) is 3.26. The van der Waals surface area contributed by atoms with Crippen LogP contribution in [-0.4, -0.2) is 31.5 Å². The van der Waals surface area contributed by atoms with Gasteiger partial charge in [0.1, 0.15) is 5.75 Å². The lowest BCUT2D eigenvalue weighted by Crippen LogP contribution is -2.23. The van der Waals surface area contributed by atoms with Crippen LogP contribution in [0.5, 0.6) is 5.75 Å². The highest BCUT2D eigenvalue weighted by molar-refractivity contribution is 5.75. The smallest absolute Gasteiger partial charge is 0.225 e. The van der Waals surface area contributed by atoms with Gasteiger partial charge in [0.05, 0.1) is 13.0 Å². The lowest BCUT2D eigenvalue weighted by Gasteiger charge is -2.24. The molecule has 4 nitrogen and oxygen atoms in total. The van der Waals surface area contributed by atoms with Crippen molar-refractivity contribution in [2.24, 2.45) is 5.73 Å². The number of fused-ring (bicyclic) bond motifs is 1. The van der Waals surface area contributed by atoms with Gasteiger partial charge in [-0.2, -0.15) is 0 Å². The maximum atomic E-state index is 11.5. The molecule has 0 aromatic heterocycles. The first-order chi connectivity index (χ1) is 9.09. The number of hydrogen-bond acceptors (Lipinski definition) is 3. The lowest BCUT2D eigenvalue weighted by molar-refractivity contribution is -0.129. The van der Waals surface area contributed by atoms with Crippen LogP contribution in [0.2, 0.25) is 0 Å². The summed E-state index contributed by atoms with van der Waals surface area (Å²) in [6.07, 6.45) is 3.56. The molecule has 0 spiro atoms. The number of ether oxygens (including phenoxy) is 1. The van der Waals surface area contributed by atoms with Crippen molar-refractivity contribution in [2.75, 3.05) is 20.7 Å². The molecule has 104 valence electrons. The number of hydrogen-bond donors (Lipinski definition) is 1. The van der Waals surface area contributed by atoms with Crippen LogP contribution in [0.4, 0.5) is 0 Å². The molecular weight excluding hydrogens is 240 g/mol. The van der Waals surface area contributed by atoms with Gasteiger partial charge >= 0.3 is 0 Å². The van der Waals surface area contributed by atoms with E-state index in [1.807, 2.05) is 12.1 Å². The molecule has 2 N–H and O–H groups in total. The molecule has 0 fully saturated rings. The third-order valence-corrected chi connectivity index (χ3v) is 3.58. The fourth-order valence-electron chi connectivity index (χ4n) is 2.46. The van der Waals surface area contributed by atoms with E-state index in [-0.39, 0.29) is 11.9 Å². The average molecular weight is 262 g/mol. The van der Waals surface area contributed by atoms with Crippen LogP contribution >= 0.6 is 0 Å². The van der Waals surface area contributed by atoms with E-state index < -0.39 is 0 Å². The molecular formula is C15H22N2O2. The quantitative estimate of drug-likeness (QED) is 0.901. The molecule has 1 atom stereocenters. The number of carbonyl (C=O) groups excluding carboxylic acids is 1. The predicted octanol–water partition coefficient (Wildman–Crippen LogP) is 1.88. The Morgan fingerprint density at radius 3 is 3.00 bits per heavy atom. The van der Waals surface area contributed by atoms with E-state index in [2.05, 4.69) is 6.07 Å². The van der Waals surface area contributed by atoms with Gasteiger partial charge in [0.15, 0.2) is 0 Å². The van der Waals surface area contributed by atoms with Gasteiger partial charge in [-0.05, 0) is 36.5 Å². The van der Waals surface area contributed by atoms with Crippen LogP contribution in [0.3, 0.4) is 0 Å². The summed E-state index contributed by atoms with van der Waals surface area (Å²) in [5.41, 5.74) is 8.53. The molecule has 0 aliphatic heterocycles. The molecule has 1 aliphatic carbocycles. The Bertz CT molecular complexity index is 457. The molecule has 1 aromatic carbocycles. The van der Waals surface area contributed by atoms with E-state index in [1.54, 1.807) is 19.0 Å². The Morgan fingerprint density at radius 1 is 1.47 bits per heavy atom. The molecule has 19 heavy (non-hydrogen) atoms. The minimum atomic E-state index is 0.0847. The second-order valence-corrected chi connectivity index (χ2v) is 5.21. The van der Waals surface area contributed by atoms with Crippen molar-refractivity contribution < 1.29 is 9.53 Å². The molecule has 0 saturated heterocycles. The predicted molar refractivity (Wildman–Crippen MR) is 75.1 cm³/mol. The number of benzene rings is 1. The van der Waals surface area contributed by atoms with Gasteiger partial charge in [-0.15, -0.1) is 0 Å². The number of amides is 1. The highest BCUT2D eigenvalue weighted by atomic mass is 16.5. The van der Waals surface area contributed by atoms with Gasteiger partial charge in [0.25, 0.3) is 0 Å². The summed E-state index contributed by atoms with van der Waals surface area (Å²) in [6.45, 7) is 0.419. The van der Waals surface area contributed by atoms with Gasteiger partial charge in [-0.25, -0.2) is 0 Å². The summed E-state index contributed by atoms with van der Waals surface area (Å²) in [6, 6.07) is 6.15. The zero-order valence-electron chi connectivity index (χ0n) is 11.7. The van der Waals surface area contributed by atoms with Crippen LogP contribution in [0.1, 0.15) is 36.4 Å². The standard InChI is InChI=1S/C15H22N2O2/c1-17(2)15(18)9-10-19-14-8-4-5-11-12(14)6-3-7-13(11)16/h4-5,8,13H,3,6-7,9-10,16H2,1-2H3. The summed E-state index contributed by atoms with van der Waals surface area (Å²) in [5.74, 6) is 0.973. The fraction of sp³-hybridized carbons (Fsp3) is 0.533. The average Bonchev–Trinajstić information content (AvgIpc) is 2.39. The molecule has 0 radical (unpaired) electrons.